The molecule has 1 rings (SSSR count). The molecule has 2 N–H and O–H groups in total. The molecule has 0 saturated heterocycles. The normalized spacial score (nSPS) is 11.6. The van der Waals surface area contributed by atoms with Crippen molar-refractivity contribution in [1.82, 2.24) is 15.0 Å². The first-order valence-corrected chi connectivity index (χ1v) is 7.11. The number of nitrogens with one attached hydrogen (secondary N) is 2. The highest BCUT2D eigenvalue weighted by molar-refractivity contribution is 7.88. The maximum Gasteiger partial charge on any atom is 0.208 e. The van der Waals surface area contributed by atoms with Crippen LogP contribution in [-0.4, -0.2) is 32.7 Å². The van der Waals surface area contributed by atoms with Gasteiger partial charge in [0.05, 0.1) is 12.5 Å². The van der Waals surface area contributed by atoms with E-state index in [1.54, 1.807) is 6.20 Å². The van der Waals surface area contributed by atoms with Crippen molar-refractivity contribution in [2.45, 2.75) is 13.0 Å². The molecule has 0 unspecified atom stereocenters. The van der Waals surface area contributed by atoms with Crippen molar-refractivity contribution >= 4 is 10.0 Å². The minimum Gasteiger partial charge on any atom is -0.313 e. The predicted octanol–water partition coefficient (Wildman–Crippen LogP) is 0.250. The van der Waals surface area contributed by atoms with Gasteiger partial charge in [-0.25, -0.2) is 17.5 Å². The van der Waals surface area contributed by atoms with Gasteiger partial charge >= 0.3 is 0 Å². The van der Waals surface area contributed by atoms with E-state index in [-0.39, 0.29) is 5.82 Å². The SMILES string of the molecule is CS(=O)(=O)NCCCNCc1cncc(F)c1. The molecular weight excluding hydrogens is 245 g/mol. The predicted molar refractivity (Wildman–Crippen MR) is 63.4 cm³/mol. The van der Waals surface area contributed by atoms with E-state index in [1.807, 2.05) is 0 Å². The summed E-state index contributed by atoms with van der Waals surface area (Å²) in [6, 6.07) is 1.41. The molecule has 17 heavy (non-hydrogen) atoms. The number of rotatable bonds is 7. The van der Waals surface area contributed by atoms with Gasteiger partial charge in [0, 0.05) is 19.3 Å². The summed E-state index contributed by atoms with van der Waals surface area (Å²) in [6.45, 7) is 1.57. The molecule has 0 bridgehead atoms. The van der Waals surface area contributed by atoms with E-state index in [0.29, 0.717) is 26.1 Å². The molecular formula is C10H16FN3O2S. The largest absolute Gasteiger partial charge is 0.313 e. The quantitative estimate of drug-likeness (QED) is 0.690. The van der Waals surface area contributed by atoms with Gasteiger partial charge in [-0.05, 0) is 24.6 Å². The van der Waals surface area contributed by atoms with Crippen LogP contribution in [0.3, 0.4) is 0 Å². The van der Waals surface area contributed by atoms with Gasteiger partial charge in [-0.1, -0.05) is 0 Å². The van der Waals surface area contributed by atoms with E-state index in [4.69, 9.17) is 0 Å². The number of nitrogens with zero attached hydrogens (tertiary/aromatic N) is 1. The van der Waals surface area contributed by atoms with Gasteiger partial charge in [-0.2, -0.15) is 0 Å². The monoisotopic (exact) mass is 261 g/mol. The van der Waals surface area contributed by atoms with Crippen molar-refractivity contribution in [2.75, 3.05) is 19.3 Å². The third-order valence-electron chi connectivity index (χ3n) is 1.99. The fraction of sp³-hybridized carbons (Fsp3) is 0.500. The van der Waals surface area contributed by atoms with Gasteiger partial charge in [-0.15, -0.1) is 0 Å². The summed E-state index contributed by atoms with van der Waals surface area (Å²) in [7, 11) is -3.11. The number of aromatic nitrogens is 1. The highest BCUT2D eigenvalue weighted by Crippen LogP contribution is 1.99. The van der Waals surface area contributed by atoms with E-state index in [9.17, 15) is 12.8 Å². The van der Waals surface area contributed by atoms with Crippen molar-refractivity contribution in [2.24, 2.45) is 0 Å². The molecule has 1 heterocycles. The standard InChI is InChI=1S/C10H16FN3O2S/c1-17(15,16)14-4-2-3-12-6-9-5-10(11)8-13-7-9/h5,7-8,12,14H,2-4,6H2,1H3. The Morgan fingerprint density at radius 3 is 2.76 bits per heavy atom. The fourth-order valence-corrected chi connectivity index (χ4v) is 1.77. The van der Waals surface area contributed by atoms with Gasteiger partial charge in [-0.3, -0.25) is 4.98 Å². The number of sulfonamides is 1. The van der Waals surface area contributed by atoms with Crippen molar-refractivity contribution in [3.8, 4) is 0 Å². The highest BCUT2D eigenvalue weighted by atomic mass is 32.2. The number of pyridine rings is 1. The second-order valence-corrected chi connectivity index (χ2v) is 5.54. The van der Waals surface area contributed by atoms with Gasteiger partial charge in [0.1, 0.15) is 5.82 Å². The Morgan fingerprint density at radius 2 is 2.12 bits per heavy atom. The maximum absolute atomic E-state index is 12.8. The molecule has 0 aromatic carbocycles. The van der Waals surface area contributed by atoms with Crippen LogP contribution in [0.5, 0.6) is 0 Å². The Hall–Kier alpha value is -1.05. The van der Waals surface area contributed by atoms with Crippen molar-refractivity contribution in [1.29, 1.82) is 0 Å². The number of hydrogen-bond donors (Lipinski definition) is 2. The summed E-state index contributed by atoms with van der Waals surface area (Å²) < 4.78 is 36.6. The Labute approximate surface area is 101 Å². The maximum atomic E-state index is 12.8. The van der Waals surface area contributed by atoms with Crippen LogP contribution in [0.4, 0.5) is 4.39 Å². The lowest BCUT2D eigenvalue weighted by atomic mass is 10.3. The molecule has 0 aliphatic carbocycles. The average molecular weight is 261 g/mol. The van der Waals surface area contributed by atoms with Crippen LogP contribution >= 0.6 is 0 Å². The second-order valence-electron chi connectivity index (χ2n) is 3.71. The first-order valence-electron chi connectivity index (χ1n) is 5.22. The average Bonchev–Trinajstić information content (AvgIpc) is 2.22. The van der Waals surface area contributed by atoms with Crippen LogP contribution in [0, 0.1) is 5.82 Å². The summed E-state index contributed by atoms with van der Waals surface area (Å²) in [4.78, 5) is 3.72. The Bertz CT molecular complexity index is 451. The molecule has 0 saturated carbocycles. The molecule has 0 aliphatic rings. The summed E-state index contributed by atoms with van der Waals surface area (Å²) in [5.74, 6) is -0.358. The van der Waals surface area contributed by atoms with E-state index < -0.39 is 10.0 Å². The Balaban J connectivity index is 2.13. The molecule has 5 nitrogen and oxygen atoms in total. The van der Waals surface area contributed by atoms with Crippen LogP contribution in [0.2, 0.25) is 0 Å². The lowest BCUT2D eigenvalue weighted by Gasteiger charge is -2.05. The van der Waals surface area contributed by atoms with Crippen LogP contribution in [0.25, 0.3) is 0 Å². The molecule has 0 fully saturated rings. The molecule has 7 heteroatoms. The first kappa shape index (κ1) is 14.0. The second kappa shape index (κ2) is 6.63. The van der Waals surface area contributed by atoms with E-state index >= 15 is 0 Å². The van der Waals surface area contributed by atoms with Crippen LogP contribution in [0.15, 0.2) is 18.5 Å². The minimum atomic E-state index is -3.11. The summed E-state index contributed by atoms with van der Waals surface area (Å²) in [6.07, 6.45) is 4.54. The van der Waals surface area contributed by atoms with Crippen LogP contribution in [-0.2, 0) is 16.6 Å². The fourth-order valence-electron chi connectivity index (χ4n) is 1.26. The van der Waals surface area contributed by atoms with Crippen LogP contribution < -0.4 is 10.0 Å². The molecule has 0 radical (unpaired) electrons. The zero-order chi connectivity index (χ0) is 12.7. The Morgan fingerprint density at radius 1 is 1.35 bits per heavy atom. The molecule has 96 valence electrons. The zero-order valence-electron chi connectivity index (χ0n) is 9.61. The lowest BCUT2D eigenvalue weighted by molar-refractivity contribution is 0.577. The molecule has 0 spiro atoms. The topological polar surface area (TPSA) is 71.1 Å². The molecule has 1 aromatic heterocycles. The third kappa shape index (κ3) is 6.98. The molecule has 0 aliphatic heterocycles. The molecule has 0 amide bonds. The summed E-state index contributed by atoms with van der Waals surface area (Å²) in [5, 5.41) is 3.07. The number of hydrogen-bond acceptors (Lipinski definition) is 4. The Kier molecular flexibility index (Phi) is 5.46. The smallest absolute Gasteiger partial charge is 0.208 e. The lowest BCUT2D eigenvalue weighted by Crippen LogP contribution is -2.26. The summed E-state index contributed by atoms with van der Waals surface area (Å²) >= 11 is 0. The van der Waals surface area contributed by atoms with E-state index in [0.717, 1.165) is 18.0 Å². The highest BCUT2D eigenvalue weighted by Gasteiger charge is 1.99. The van der Waals surface area contributed by atoms with Crippen molar-refractivity contribution < 1.29 is 12.8 Å². The zero-order valence-corrected chi connectivity index (χ0v) is 10.4. The van der Waals surface area contributed by atoms with Gasteiger partial charge in [0.2, 0.25) is 10.0 Å². The van der Waals surface area contributed by atoms with Crippen molar-refractivity contribution in [3.63, 3.8) is 0 Å². The molecule has 1 aromatic rings. The van der Waals surface area contributed by atoms with Gasteiger partial charge in [0.25, 0.3) is 0 Å². The van der Waals surface area contributed by atoms with E-state index in [2.05, 4.69) is 15.0 Å². The van der Waals surface area contributed by atoms with E-state index in [1.165, 1.54) is 6.07 Å². The minimum absolute atomic E-state index is 0.358. The van der Waals surface area contributed by atoms with Crippen molar-refractivity contribution in [3.05, 3.63) is 29.8 Å². The third-order valence-corrected chi connectivity index (χ3v) is 2.71. The van der Waals surface area contributed by atoms with Crippen LogP contribution in [0.1, 0.15) is 12.0 Å². The first-order chi connectivity index (χ1) is 7.97. The van der Waals surface area contributed by atoms with Gasteiger partial charge < -0.3 is 5.32 Å². The number of halogens is 1. The van der Waals surface area contributed by atoms with Gasteiger partial charge in [0.15, 0.2) is 0 Å². The molecule has 0 atom stereocenters. The summed E-state index contributed by atoms with van der Waals surface area (Å²) in [5.41, 5.74) is 0.765.